The maximum absolute atomic E-state index is 13.1. The second kappa shape index (κ2) is 65.2. The molecular formula is C75H142O17P2. The summed E-state index contributed by atoms with van der Waals surface area (Å²) >= 11 is 0. The van der Waals surface area contributed by atoms with Crippen molar-refractivity contribution in [3.63, 3.8) is 0 Å². The van der Waals surface area contributed by atoms with E-state index in [1.54, 1.807) is 0 Å². The van der Waals surface area contributed by atoms with Gasteiger partial charge in [-0.05, 0) is 69.1 Å². The van der Waals surface area contributed by atoms with Crippen molar-refractivity contribution in [1.29, 1.82) is 0 Å². The van der Waals surface area contributed by atoms with Crippen molar-refractivity contribution in [2.24, 2.45) is 17.8 Å². The van der Waals surface area contributed by atoms with Crippen LogP contribution < -0.4 is 0 Å². The van der Waals surface area contributed by atoms with Gasteiger partial charge in [-0.15, -0.1) is 0 Å². The van der Waals surface area contributed by atoms with Gasteiger partial charge in [-0.25, -0.2) is 9.13 Å². The number of carbonyl (C=O) groups excluding carboxylic acids is 4. The Hall–Kier alpha value is -2.46. The summed E-state index contributed by atoms with van der Waals surface area (Å²) in [6.07, 6.45) is 53.8. The number of rotatable bonds is 71. The van der Waals surface area contributed by atoms with Crippen LogP contribution in [0.15, 0.2) is 24.3 Å². The SMILES string of the molecule is CCCCCC/C=C\C=C/CCCCCCCC(=O)O[C@H](COC(=O)CCCCCCCCCCCCCCCCCCC(C)C)COP(=O)(O)OCC(O)COP(=O)(O)OC[C@@H](COC(=O)CCCCCCCCCC(C)C)OC(=O)CCCCCCCCCC(C)C. The summed E-state index contributed by atoms with van der Waals surface area (Å²) in [5.74, 6) is 0.0542. The number of unbranched alkanes of at least 4 members (excludes halogenated alkanes) is 36. The lowest BCUT2D eigenvalue weighted by Gasteiger charge is -2.21. The van der Waals surface area contributed by atoms with Crippen LogP contribution in [0.5, 0.6) is 0 Å². The minimum Gasteiger partial charge on any atom is -0.462 e. The molecule has 0 aromatic carbocycles. The van der Waals surface area contributed by atoms with E-state index in [2.05, 4.69) is 72.8 Å². The molecule has 0 aliphatic heterocycles. The van der Waals surface area contributed by atoms with Gasteiger partial charge in [0.1, 0.15) is 19.3 Å². The molecule has 19 heteroatoms. The Bertz CT molecular complexity index is 1930. The van der Waals surface area contributed by atoms with Gasteiger partial charge in [0.05, 0.1) is 26.4 Å². The fourth-order valence-corrected chi connectivity index (χ4v) is 12.5. The number of carbonyl (C=O) groups is 4. The second-order valence-corrected chi connectivity index (χ2v) is 30.7. The number of aliphatic hydroxyl groups excluding tert-OH is 1. The highest BCUT2D eigenvalue weighted by Gasteiger charge is 2.30. The smallest absolute Gasteiger partial charge is 0.462 e. The maximum atomic E-state index is 13.1. The molecule has 0 spiro atoms. The average Bonchev–Trinajstić information content (AvgIpc) is 1.27. The molecule has 0 aliphatic rings. The van der Waals surface area contributed by atoms with Crippen LogP contribution in [0.4, 0.5) is 0 Å². The number of ether oxygens (including phenoxy) is 4. The van der Waals surface area contributed by atoms with Crippen LogP contribution in [0.3, 0.4) is 0 Å². The van der Waals surface area contributed by atoms with Crippen LogP contribution >= 0.6 is 15.6 Å². The Morgan fingerprint density at radius 1 is 0.330 bits per heavy atom. The van der Waals surface area contributed by atoms with Gasteiger partial charge in [0.2, 0.25) is 0 Å². The molecule has 0 aliphatic carbocycles. The number of hydrogen-bond donors (Lipinski definition) is 3. The molecule has 0 saturated carbocycles. The normalized spacial score (nSPS) is 14.3. The predicted octanol–water partition coefficient (Wildman–Crippen LogP) is 21.3. The summed E-state index contributed by atoms with van der Waals surface area (Å²) in [4.78, 5) is 72.7. The van der Waals surface area contributed by atoms with E-state index in [1.807, 2.05) is 0 Å². The second-order valence-electron chi connectivity index (χ2n) is 27.8. The molecule has 17 nitrogen and oxygen atoms in total. The first-order valence-electron chi connectivity index (χ1n) is 38.2. The Kier molecular flexibility index (Phi) is 63.5. The Labute approximate surface area is 573 Å². The van der Waals surface area contributed by atoms with Gasteiger partial charge in [0.25, 0.3) is 0 Å². The van der Waals surface area contributed by atoms with Crippen molar-refractivity contribution in [3.05, 3.63) is 24.3 Å². The van der Waals surface area contributed by atoms with Crippen LogP contribution in [-0.4, -0.2) is 96.7 Å². The largest absolute Gasteiger partial charge is 0.472 e. The van der Waals surface area contributed by atoms with E-state index in [0.29, 0.717) is 37.5 Å². The highest BCUT2D eigenvalue weighted by Crippen LogP contribution is 2.45. The van der Waals surface area contributed by atoms with Gasteiger partial charge < -0.3 is 33.8 Å². The Morgan fingerprint density at radius 3 is 0.862 bits per heavy atom. The van der Waals surface area contributed by atoms with Crippen LogP contribution in [-0.2, 0) is 65.4 Å². The summed E-state index contributed by atoms with van der Waals surface area (Å²) in [5.41, 5.74) is 0. The van der Waals surface area contributed by atoms with Crippen molar-refractivity contribution >= 4 is 39.5 Å². The zero-order chi connectivity index (χ0) is 69.4. The molecule has 554 valence electrons. The molecule has 3 N–H and O–H groups in total. The summed E-state index contributed by atoms with van der Waals surface area (Å²) in [7, 11) is -9.92. The fraction of sp³-hybridized carbons (Fsp3) is 0.893. The van der Waals surface area contributed by atoms with Crippen molar-refractivity contribution in [2.45, 2.75) is 375 Å². The summed E-state index contributed by atoms with van der Waals surface area (Å²) < 4.78 is 68.4. The molecule has 0 bridgehead atoms. The summed E-state index contributed by atoms with van der Waals surface area (Å²) in [6.45, 7) is 11.7. The minimum atomic E-state index is -4.96. The van der Waals surface area contributed by atoms with Crippen LogP contribution in [0.1, 0.15) is 357 Å². The van der Waals surface area contributed by atoms with E-state index < -0.39 is 97.5 Å². The van der Waals surface area contributed by atoms with Crippen LogP contribution in [0.25, 0.3) is 0 Å². The molecule has 0 heterocycles. The van der Waals surface area contributed by atoms with Gasteiger partial charge in [-0.2, -0.15) is 0 Å². The van der Waals surface area contributed by atoms with Gasteiger partial charge >= 0.3 is 39.5 Å². The molecule has 0 aromatic rings. The molecule has 0 fully saturated rings. The first-order valence-corrected chi connectivity index (χ1v) is 41.2. The van der Waals surface area contributed by atoms with E-state index in [1.165, 1.54) is 148 Å². The summed E-state index contributed by atoms with van der Waals surface area (Å²) in [5, 5.41) is 10.6. The lowest BCUT2D eigenvalue weighted by Crippen LogP contribution is -2.30. The first-order chi connectivity index (χ1) is 45.2. The van der Waals surface area contributed by atoms with Crippen molar-refractivity contribution in [2.75, 3.05) is 39.6 Å². The molecular weight excluding hydrogens is 1230 g/mol. The molecule has 5 atom stereocenters. The van der Waals surface area contributed by atoms with E-state index in [4.69, 9.17) is 37.0 Å². The standard InChI is InChI=1S/C75H142O17P2/c1-8-9-10-11-12-13-14-15-18-23-26-29-36-44-51-58-74(79)91-70(62-85-72(77)56-49-42-35-28-25-22-20-17-16-19-21-24-27-32-39-46-53-66(2)3)64-89-93(81,82)87-60-69(76)61-88-94(83,84)90-65-71(92-75(80)59-52-45-38-31-34-41-48-55-68(6)7)63-86-73(78)57-50-43-37-30-33-40-47-54-67(4)5/h13-15,18,66-71,76H,8-12,16-17,19-65H2,1-7H3,(H,81,82)(H,83,84)/b14-13-,18-15-/t69?,70-,71-/m1/s1. The predicted molar refractivity (Wildman–Crippen MR) is 381 cm³/mol. The third-order valence-corrected chi connectivity index (χ3v) is 18.7. The maximum Gasteiger partial charge on any atom is 0.472 e. The molecule has 0 rings (SSSR count). The highest BCUT2D eigenvalue weighted by molar-refractivity contribution is 7.47. The quantitative estimate of drug-likeness (QED) is 0.0169. The summed E-state index contributed by atoms with van der Waals surface area (Å²) in [6, 6.07) is 0. The number of aliphatic hydroxyl groups is 1. The minimum absolute atomic E-state index is 0.0848. The molecule has 94 heavy (non-hydrogen) atoms. The lowest BCUT2D eigenvalue weighted by molar-refractivity contribution is -0.161. The van der Waals surface area contributed by atoms with Gasteiger partial charge in [-0.1, -0.05) is 304 Å². The van der Waals surface area contributed by atoms with E-state index >= 15 is 0 Å². The van der Waals surface area contributed by atoms with E-state index in [9.17, 15) is 43.2 Å². The molecule has 3 unspecified atom stereocenters. The number of hydrogen-bond acceptors (Lipinski definition) is 15. The zero-order valence-electron chi connectivity index (χ0n) is 60.9. The number of phosphoric acid groups is 2. The van der Waals surface area contributed by atoms with Gasteiger partial charge in [0.15, 0.2) is 12.2 Å². The first kappa shape index (κ1) is 91.5. The Morgan fingerprint density at radius 2 is 0.574 bits per heavy atom. The van der Waals surface area contributed by atoms with Crippen molar-refractivity contribution in [3.8, 4) is 0 Å². The number of allylic oxidation sites excluding steroid dienone is 4. The highest BCUT2D eigenvalue weighted by atomic mass is 31.2. The fourth-order valence-electron chi connectivity index (χ4n) is 10.9. The van der Waals surface area contributed by atoms with Crippen LogP contribution in [0.2, 0.25) is 0 Å². The average molecular weight is 1380 g/mol. The number of esters is 4. The van der Waals surface area contributed by atoms with E-state index in [-0.39, 0.29) is 25.7 Å². The zero-order valence-corrected chi connectivity index (χ0v) is 62.7. The third kappa shape index (κ3) is 68.1. The van der Waals surface area contributed by atoms with Gasteiger partial charge in [-0.3, -0.25) is 37.3 Å². The number of phosphoric ester groups is 2. The Balaban J connectivity index is 5.24. The topological polar surface area (TPSA) is 237 Å². The van der Waals surface area contributed by atoms with Crippen molar-refractivity contribution < 1.29 is 80.2 Å². The molecule has 0 radical (unpaired) electrons. The monoisotopic (exact) mass is 1380 g/mol. The van der Waals surface area contributed by atoms with Crippen LogP contribution in [0, 0.1) is 17.8 Å². The van der Waals surface area contributed by atoms with E-state index in [0.717, 1.165) is 115 Å². The van der Waals surface area contributed by atoms with Gasteiger partial charge in [0, 0.05) is 25.7 Å². The van der Waals surface area contributed by atoms with Crippen molar-refractivity contribution in [1.82, 2.24) is 0 Å². The third-order valence-electron chi connectivity index (χ3n) is 16.8. The molecule has 0 amide bonds. The lowest BCUT2D eigenvalue weighted by atomic mass is 10.0. The molecule has 0 saturated heterocycles. The molecule has 0 aromatic heterocycles.